The second kappa shape index (κ2) is 5.60. The zero-order chi connectivity index (χ0) is 14.1. The Labute approximate surface area is 127 Å². The number of hydrogen-bond donors (Lipinski definition) is 2. The van der Waals surface area contributed by atoms with Crippen LogP contribution in [0.4, 0.5) is 5.95 Å². The van der Waals surface area contributed by atoms with Crippen molar-refractivity contribution in [2.24, 2.45) is 0 Å². The predicted octanol–water partition coefficient (Wildman–Crippen LogP) is 2.58. The van der Waals surface area contributed by atoms with Gasteiger partial charge in [0.05, 0.1) is 5.02 Å². The number of nitrogens with zero attached hydrogens (tertiary/aromatic N) is 3. The highest BCUT2D eigenvalue weighted by Gasteiger charge is 2.20. The molecule has 0 unspecified atom stereocenters. The number of halogens is 2. The van der Waals surface area contributed by atoms with E-state index in [0.29, 0.717) is 27.9 Å². The molecule has 1 aliphatic heterocycles. The van der Waals surface area contributed by atoms with Gasteiger partial charge in [0, 0.05) is 36.3 Å². The van der Waals surface area contributed by atoms with Gasteiger partial charge in [-0.2, -0.15) is 4.98 Å². The monoisotopic (exact) mass is 311 g/mol. The zero-order valence-corrected chi connectivity index (χ0v) is 12.5. The second-order valence-electron chi connectivity index (χ2n) is 4.91. The summed E-state index contributed by atoms with van der Waals surface area (Å²) in [6, 6.07) is 5.73. The fourth-order valence-electron chi connectivity index (χ4n) is 2.31. The first-order chi connectivity index (χ1) is 9.63. The second-order valence-corrected chi connectivity index (χ2v) is 5.75. The molecular formula is C13H15Cl2N5. The molecule has 0 aliphatic carbocycles. The Morgan fingerprint density at radius 3 is 3.00 bits per heavy atom. The van der Waals surface area contributed by atoms with Crippen molar-refractivity contribution in [3.05, 3.63) is 28.2 Å². The summed E-state index contributed by atoms with van der Waals surface area (Å²) < 4.78 is 0. The Kier molecular flexibility index (Phi) is 3.83. The SMILES string of the molecule is C[C@H]1CN(c2n[nH]c(-c3cc(Cl)ccc3Cl)n2)CCN1. The van der Waals surface area contributed by atoms with Gasteiger partial charge in [0.2, 0.25) is 5.95 Å². The van der Waals surface area contributed by atoms with Crippen molar-refractivity contribution in [1.29, 1.82) is 0 Å². The molecule has 0 radical (unpaired) electrons. The standard InChI is InChI=1S/C13H15Cl2N5/c1-8-7-20(5-4-16-8)13-17-12(18-19-13)10-6-9(14)2-3-11(10)15/h2-3,6,8,16H,4-5,7H2,1H3,(H,17,18,19)/t8-/m0/s1. The van der Waals surface area contributed by atoms with E-state index >= 15 is 0 Å². The largest absolute Gasteiger partial charge is 0.337 e. The number of aromatic nitrogens is 3. The smallest absolute Gasteiger partial charge is 0.245 e. The fraction of sp³-hybridized carbons (Fsp3) is 0.385. The van der Waals surface area contributed by atoms with E-state index in [1.807, 2.05) is 0 Å². The van der Waals surface area contributed by atoms with E-state index in [9.17, 15) is 0 Å². The van der Waals surface area contributed by atoms with E-state index in [-0.39, 0.29) is 0 Å². The van der Waals surface area contributed by atoms with E-state index in [4.69, 9.17) is 23.2 Å². The van der Waals surface area contributed by atoms with Crippen molar-refractivity contribution < 1.29 is 0 Å². The molecule has 5 nitrogen and oxygen atoms in total. The molecule has 7 heteroatoms. The van der Waals surface area contributed by atoms with Gasteiger partial charge in [0.1, 0.15) is 0 Å². The van der Waals surface area contributed by atoms with Crippen LogP contribution in [-0.2, 0) is 0 Å². The van der Waals surface area contributed by atoms with Crippen molar-refractivity contribution in [3.63, 3.8) is 0 Å². The van der Waals surface area contributed by atoms with Crippen LogP contribution in [0, 0.1) is 0 Å². The zero-order valence-electron chi connectivity index (χ0n) is 11.0. The van der Waals surface area contributed by atoms with Crippen molar-refractivity contribution in [2.75, 3.05) is 24.5 Å². The van der Waals surface area contributed by atoms with Crippen molar-refractivity contribution in [3.8, 4) is 11.4 Å². The van der Waals surface area contributed by atoms with E-state index in [1.54, 1.807) is 18.2 Å². The molecule has 0 amide bonds. The van der Waals surface area contributed by atoms with Gasteiger partial charge in [-0.1, -0.05) is 23.2 Å². The molecule has 2 aromatic rings. The maximum absolute atomic E-state index is 6.18. The number of rotatable bonds is 2. The number of H-pyrrole nitrogens is 1. The summed E-state index contributed by atoms with van der Waals surface area (Å²) in [5, 5.41) is 11.8. The molecule has 1 aliphatic rings. The Morgan fingerprint density at radius 2 is 2.20 bits per heavy atom. The van der Waals surface area contributed by atoms with Gasteiger partial charge in [-0.15, -0.1) is 5.10 Å². The maximum atomic E-state index is 6.18. The van der Waals surface area contributed by atoms with Gasteiger partial charge in [-0.25, -0.2) is 0 Å². The molecule has 1 saturated heterocycles. The number of hydrogen-bond acceptors (Lipinski definition) is 4. The number of benzene rings is 1. The fourth-order valence-corrected chi connectivity index (χ4v) is 2.69. The van der Waals surface area contributed by atoms with Gasteiger partial charge in [0.15, 0.2) is 5.82 Å². The Morgan fingerprint density at radius 1 is 1.35 bits per heavy atom. The summed E-state index contributed by atoms with van der Waals surface area (Å²) in [4.78, 5) is 6.68. The van der Waals surface area contributed by atoms with E-state index < -0.39 is 0 Å². The molecule has 2 heterocycles. The topological polar surface area (TPSA) is 56.8 Å². The van der Waals surface area contributed by atoms with Crippen LogP contribution in [0.2, 0.25) is 10.0 Å². The van der Waals surface area contributed by atoms with Crippen LogP contribution in [0.25, 0.3) is 11.4 Å². The lowest BCUT2D eigenvalue weighted by Crippen LogP contribution is -2.49. The summed E-state index contributed by atoms with van der Waals surface area (Å²) in [5.41, 5.74) is 0.765. The van der Waals surface area contributed by atoms with Crippen molar-refractivity contribution in [1.82, 2.24) is 20.5 Å². The number of nitrogens with one attached hydrogen (secondary N) is 2. The average Bonchev–Trinajstić information content (AvgIpc) is 2.91. The summed E-state index contributed by atoms with van der Waals surface area (Å²) in [6.45, 7) is 4.86. The van der Waals surface area contributed by atoms with E-state index in [2.05, 4.69) is 32.3 Å². The minimum Gasteiger partial charge on any atom is -0.337 e. The van der Waals surface area contributed by atoms with Gasteiger partial charge >= 0.3 is 0 Å². The molecule has 1 atom stereocenters. The summed E-state index contributed by atoms with van der Waals surface area (Å²) in [6.07, 6.45) is 0. The molecule has 0 spiro atoms. The van der Waals surface area contributed by atoms with Crippen molar-refractivity contribution in [2.45, 2.75) is 13.0 Å². The van der Waals surface area contributed by atoms with Crippen LogP contribution in [0.3, 0.4) is 0 Å². The highest BCUT2D eigenvalue weighted by Crippen LogP contribution is 2.29. The maximum Gasteiger partial charge on any atom is 0.245 e. The molecule has 20 heavy (non-hydrogen) atoms. The molecule has 0 bridgehead atoms. The van der Waals surface area contributed by atoms with E-state index in [0.717, 1.165) is 25.2 Å². The molecular weight excluding hydrogens is 297 g/mol. The van der Waals surface area contributed by atoms with Crippen LogP contribution in [-0.4, -0.2) is 40.9 Å². The third kappa shape index (κ3) is 2.75. The summed E-state index contributed by atoms with van der Waals surface area (Å²) in [7, 11) is 0. The normalized spacial score (nSPS) is 19.4. The predicted molar refractivity (Wildman–Crippen MR) is 81.5 cm³/mol. The lowest BCUT2D eigenvalue weighted by Gasteiger charge is -2.30. The number of aromatic amines is 1. The van der Waals surface area contributed by atoms with Gasteiger partial charge in [0.25, 0.3) is 0 Å². The van der Waals surface area contributed by atoms with Gasteiger partial charge < -0.3 is 10.2 Å². The van der Waals surface area contributed by atoms with Gasteiger partial charge in [-0.05, 0) is 25.1 Å². The molecule has 106 valence electrons. The number of piperazine rings is 1. The summed E-state index contributed by atoms with van der Waals surface area (Å²) >= 11 is 12.2. The molecule has 1 aromatic heterocycles. The van der Waals surface area contributed by atoms with Crippen LogP contribution < -0.4 is 10.2 Å². The minimum absolute atomic E-state index is 0.431. The lowest BCUT2D eigenvalue weighted by atomic mass is 10.2. The first kappa shape index (κ1) is 13.7. The molecule has 1 fully saturated rings. The lowest BCUT2D eigenvalue weighted by molar-refractivity contribution is 0.480. The van der Waals surface area contributed by atoms with Crippen LogP contribution in [0.15, 0.2) is 18.2 Å². The number of anilines is 1. The first-order valence-electron chi connectivity index (χ1n) is 6.49. The Balaban J connectivity index is 1.88. The average molecular weight is 312 g/mol. The third-order valence-corrected chi connectivity index (χ3v) is 3.87. The Hall–Kier alpha value is -1.30. The highest BCUT2D eigenvalue weighted by molar-refractivity contribution is 6.35. The highest BCUT2D eigenvalue weighted by atomic mass is 35.5. The van der Waals surface area contributed by atoms with Crippen LogP contribution in [0.1, 0.15) is 6.92 Å². The first-order valence-corrected chi connectivity index (χ1v) is 7.25. The van der Waals surface area contributed by atoms with Gasteiger partial charge in [-0.3, -0.25) is 5.10 Å². The molecule has 1 aromatic carbocycles. The Bertz CT molecular complexity index is 613. The van der Waals surface area contributed by atoms with Crippen molar-refractivity contribution >= 4 is 29.2 Å². The van der Waals surface area contributed by atoms with Crippen LogP contribution in [0.5, 0.6) is 0 Å². The summed E-state index contributed by atoms with van der Waals surface area (Å²) in [5.74, 6) is 1.34. The molecule has 3 rings (SSSR count). The minimum atomic E-state index is 0.431. The third-order valence-electron chi connectivity index (χ3n) is 3.31. The molecule has 0 saturated carbocycles. The van der Waals surface area contributed by atoms with E-state index in [1.165, 1.54) is 0 Å². The molecule has 2 N–H and O–H groups in total. The van der Waals surface area contributed by atoms with Crippen LogP contribution >= 0.6 is 23.2 Å². The quantitative estimate of drug-likeness (QED) is 0.895.